The molecule has 3 aromatic rings. The number of hydrogen-bond acceptors (Lipinski definition) is 3. The van der Waals surface area contributed by atoms with Gasteiger partial charge in [-0.2, -0.15) is 0 Å². The second-order valence-electron chi connectivity index (χ2n) is 6.98. The van der Waals surface area contributed by atoms with E-state index in [4.69, 9.17) is 0 Å². The summed E-state index contributed by atoms with van der Waals surface area (Å²) in [7, 11) is 0. The average Bonchev–Trinajstić information content (AvgIpc) is 3.03. The zero-order valence-corrected chi connectivity index (χ0v) is 16.5. The molecule has 26 heavy (non-hydrogen) atoms. The van der Waals surface area contributed by atoms with Crippen molar-refractivity contribution in [2.24, 2.45) is 0 Å². The minimum atomic E-state index is -0.0381. The molecule has 0 aliphatic rings. The lowest BCUT2D eigenvalue weighted by molar-refractivity contribution is -0.115. The molecule has 1 amide bonds. The van der Waals surface area contributed by atoms with Gasteiger partial charge in [0.15, 0.2) is 5.13 Å². The molecule has 4 heteroatoms. The van der Waals surface area contributed by atoms with Gasteiger partial charge in [0.2, 0.25) is 5.91 Å². The van der Waals surface area contributed by atoms with Crippen molar-refractivity contribution in [3.63, 3.8) is 0 Å². The number of thiazole rings is 1. The summed E-state index contributed by atoms with van der Waals surface area (Å²) in [5.41, 5.74) is 6.74. The largest absolute Gasteiger partial charge is 0.302 e. The standard InChI is InChI=1S/C22H24N2OS/c1-14(2)18-8-6-17(7-9-18)12-21(25)24-22-23-20(13-26-22)19-10-5-15(3)11-16(19)4/h5-11,13-14H,12H2,1-4H3,(H,23,24,25). The fourth-order valence-electron chi connectivity index (χ4n) is 2.93. The molecular formula is C22H24N2OS. The van der Waals surface area contributed by atoms with Gasteiger partial charge < -0.3 is 5.32 Å². The molecule has 0 unspecified atom stereocenters. The van der Waals surface area contributed by atoms with E-state index < -0.39 is 0 Å². The highest BCUT2D eigenvalue weighted by Gasteiger charge is 2.10. The quantitative estimate of drug-likeness (QED) is 0.628. The van der Waals surface area contributed by atoms with E-state index in [-0.39, 0.29) is 5.91 Å². The molecule has 3 rings (SSSR count). The van der Waals surface area contributed by atoms with Crippen molar-refractivity contribution >= 4 is 22.4 Å². The summed E-state index contributed by atoms with van der Waals surface area (Å²) in [5.74, 6) is 0.459. The maximum absolute atomic E-state index is 12.3. The van der Waals surface area contributed by atoms with Crippen LogP contribution >= 0.6 is 11.3 Å². The molecule has 0 aliphatic carbocycles. The summed E-state index contributed by atoms with van der Waals surface area (Å²) < 4.78 is 0. The van der Waals surface area contributed by atoms with Gasteiger partial charge in [-0.05, 0) is 36.5 Å². The second kappa shape index (κ2) is 7.83. The summed E-state index contributed by atoms with van der Waals surface area (Å²) in [5, 5.41) is 5.55. The molecule has 1 N–H and O–H groups in total. The number of carbonyl (C=O) groups excluding carboxylic acids is 1. The SMILES string of the molecule is Cc1ccc(-c2csc(NC(=O)Cc3ccc(C(C)C)cc3)n2)c(C)c1. The van der Waals surface area contributed by atoms with Crippen LogP contribution < -0.4 is 5.32 Å². The van der Waals surface area contributed by atoms with Crippen LogP contribution in [-0.4, -0.2) is 10.9 Å². The van der Waals surface area contributed by atoms with Crippen molar-refractivity contribution in [3.8, 4) is 11.3 Å². The van der Waals surface area contributed by atoms with Gasteiger partial charge in [0.25, 0.3) is 0 Å². The molecule has 1 aromatic heterocycles. The van der Waals surface area contributed by atoms with Crippen molar-refractivity contribution < 1.29 is 4.79 Å². The highest BCUT2D eigenvalue weighted by atomic mass is 32.1. The van der Waals surface area contributed by atoms with Gasteiger partial charge >= 0.3 is 0 Å². The van der Waals surface area contributed by atoms with E-state index in [1.165, 1.54) is 28.0 Å². The number of amides is 1. The van der Waals surface area contributed by atoms with E-state index in [0.29, 0.717) is 17.5 Å². The van der Waals surface area contributed by atoms with Crippen LogP contribution in [0.3, 0.4) is 0 Å². The van der Waals surface area contributed by atoms with Crippen LogP contribution in [0, 0.1) is 13.8 Å². The van der Waals surface area contributed by atoms with Crippen LogP contribution in [0.2, 0.25) is 0 Å². The Bertz CT molecular complexity index is 910. The molecule has 134 valence electrons. The number of hydrogen-bond donors (Lipinski definition) is 1. The van der Waals surface area contributed by atoms with Crippen molar-refractivity contribution in [1.29, 1.82) is 0 Å². The van der Waals surface area contributed by atoms with Gasteiger partial charge in [-0.1, -0.05) is 61.9 Å². The number of nitrogens with one attached hydrogen (secondary N) is 1. The van der Waals surface area contributed by atoms with E-state index in [1.54, 1.807) is 0 Å². The number of rotatable bonds is 5. The average molecular weight is 365 g/mol. The summed E-state index contributed by atoms with van der Waals surface area (Å²) in [4.78, 5) is 16.9. The number of aromatic nitrogens is 1. The third-order valence-electron chi connectivity index (χ3n) is 4.42. The zero-order chi connectivity index (χ0) is 18.7. The van der Waals surface area contributed by atoms with Crippen molar-refractivity contribution in [3.05, 3.63) is 70.1 Å². The van der Waals surface area contributed by atoms with Gasteiger partial charge in [-0.3, -0.25) is 4.79 Å². The minimum Gasteiger partial charge on any atom is -0.302 e. The van der Waals surface area contributed by atoms with E-state index in [9.17, 15) is 4.79 Å². The highest BCUT2D eigenvalue weighted by molar-refractivity contribution is 7.14. The highest BCUT2D eigenvalue weighted by Crippen LogP contribution is 2.28. The van der Waals surface area contributed by atoms with E-state index >= 15 is 0 Å². The van der Waals surface area contributed by atoms with Gasteiger partial charge in [0.1, 0.15) is 0 Å². The fourth-order valence-corrected chi connectivity index (χ4v) is 3.65. The lowest BCUT2D eigenvalue weighted by Gasteiger charge is -2.07. The predicted molar refractivity (Wildman–Crippen MR) is 110 cm³/mol. The van der Waals surface area contributed by atoms with Crippen molar-refractivity contribution in [2.75, 3.05) is 5.32 Å². The molecule has 3 nitrogen and oxygen atoms in total. The van der Waals surface area contributed by atoms with Crippen LogP contribution in [0.5, 0.6) is 0 Å². The molecule has 0 spiro atoms. The first-order chi connectivity index (χ1) is 12.4. The van der Waals surface area contributed by atoms with E-state index in [2.05, 4.69) is 68.3 Å². The lowest BCUT2D eigenvalue weighted by Crippen LogP contribution is -2.14. The molecule has 0 fully saturated rings. The van der Waals surface area contributed by atoms with Crippen LogP contribution in [-0.2, 0) is 11.2 Å². The molecule has 0 saturated carbocycles. The molecule has 0 aliphatic heterocycles. The maximum Gasteiger partial charge on any atom is 0.230 e. The monoisotopic (exact) mass is 364 g/mol. The van der Waals surface area contributed by atoms with Crippen molar-refractivity contribution in [2.45, 2.75) is 40.0 Å². The molecule has 0 atom stereocenters. The summed E-state index contributed by atoms with van der Waals surface area (Å²) in [6.45, 7) is 8.49. The Morgan fingerprint density at radius 3 is 2.50 bits per heavy atom. The Labute approximate surface area is 159 Å². The first-order valence-corrected chi connectivity index (χ1v) is 9.72. The number of nitrogens with zero attached hydrogens (tertiary/aromatic N) is 1. The predicted octanol–water partition coefficient (Wildman–Crippen LogP) is 5.73. The third kappa shape index (κ3) is 4.38. The van der Waals surface area contributed by atoms with Gasteiger partial charge in [0, 0.05) is 10.9 Å². The molecule has 0 radical (unpaired) electrons. The smallest absolute Gasteiger partial charge is 0.230 e. The minimum absolute atomic E-state index is 0.0381. The molecular weight excluding hydrogens is 340 g/mol. The molecule has 0 saturated heterocycles. The zero-order valence-electron chi connectivity index (χ0n) is 15.7. The van der Waals surface area contributed by atoms with Crippen LogP contribution in [0.15, 0.2) is 47.8 Å². The Kier molecular flexibility index (Phi) is 5.52. The van der Waals surface area contributed by atoms with Crippen LogP contribution in [0.1, 0.15) is 42.0 Å². The van der Waals surface area contributed by atoms with Gasteiger partial charge in [-0.25, -0.2) is 4.98 Å². The van der Waals surface area contributed by atoms with Gasteiger partial charge in [0.05, 0.1) is 12.1 Å². The second-order valence-corrected chi connectivity index (χ2v) is 7.84. The van der Waals surface area contributed by atoms with E-state index in [0.717, 1.165) is 16.8 Å². The Morgan fingerprint density at radius 2 is 1.85 bits per heavy atom. The van der Waals surface area contributed by atoms with Crippen LogP contribution in [0.4, 0.5) is 5.13 Å². The summed E-state index contributed by atoms with van der Waals surface area (Å²) in [6, 6.07) is 14.6. The molecule has 0 bridgehead atoms. The molecule has 1 heterocycles. The molecule has 2 aromatic carbocycles. The first kappa shape index (κ1) is 18.3. The maximum atomic E-state index is 12.3. The van der Waals surface area contributed by atoms with Gasteiger partial charge in [-0.15, -0.1) is 11.3 Å². The van der Waals surface area contributed by atoms with Crippen LogP contribution in [0.25, 0.3) is 11.3 Å². The van der Waals surface area contributed by atoms with E-state index in [1.807, 2.05) is 17.5 Å². The normalized spacial score (nSPS) is 11.0. The summed E-state index contributed by atoms with van der Waals surface area (Å²) >= 11 is 1.46. The number of anilines is 1. The summed E-state index contributed by atoms with van der Waals surface area (Å²) in [6.07, 6.45) is 0.358. The Balaban J connectivity index is 1.66. The topological polar surface area (TPSA) is 42.0 Å². The number of aryl methyl sites for hydroxylation is 2. The fraction of sp³-hybridized carbons (Fsp3) is 0.273. The Hall–Kier alpha value is -2.46. The van der Waals surface area contributed by atoms with Crippen molar-refractivity contribution in [1.82, 2.24) is 4.98 Å². The number of carbonyl (C=O) groups is 1. The third-order valence-corrected chi connectivity index (χ3v) is 5.18. The number of benzene rings is 2. The first-order valence-electron chi connectivity index (χ1n) is 8.84. The Morgan fingerprint density at radius 1 is 1.12 bits per heavy atom. The lowest BCUT2D eigenvalue weighted by atomic mass is 10.0.